The molecule has 1 N–H and O–H groups in total. The van der Waals surface area contributed by atoms with E-state index in [0.29, 0.717) is 36.8 Å². The van der Waals surface area contributed by atoms with Gasteiger partial charge in [-0.05, 0) is 42.3 Å². The average Bonchev–Trinajstić information content (AvgIpc) is 2.93. The molecule has 2 amide bonds. The Balaban J connectivity index is 1.36. The predicted molar refractivity (Wildman–Crippen MR) is 152 cm³/mol. The van der Waals surface area contributed by atoms with E-state index in [9.17, 15) is 9.59 Å². The Hall–Kier alpha value is -2.69. The van der Waals surface area contributed by atoms with E-state index in [2.05, 4.69) is 22.2 Å². The van der Waals surface area contributed by atoms with E-state index in [1.165, 1.54) is 16.8 Å². The number of benzene rings is 2. The molecular weight excluding hydrogens is 508 g/mol. The molecule has 2 heterocycles. The second-order valence-corrected chi connectivity index (χ2v) is 11.0. The lowest BCUT2D eigenvalue weighted by molar-refractivity contribution is -0.116. The average molecular weight is 543 g/mol. The largest absolute Gasteiger partial charge is 0.493 e. The lowest BCUT2D eigenvalue weighted by Crippen LogP contribution is -2.34. The lowest BCUT2D eigenvalue weighted by atomic mass is 10.1. The first-order valence-corrected chi connectivity index (χ1v) is 14.7. The van der Waals surface area contributed by atoms with Crippen LogP contribution in [0.4, 0.5) is 10.5 Å². The second kappa shape index (κ2) is 13.7. The normalized spacial score (nSPS) is 16.3. The van der Waals surface area contributed by atoms with Crippen LogP contribution in [0.5, 0.6) is 11.5 Å². The molecule has 0 spiro atoms. The van der Waals surface area contributed by atoms with Crippen molar-refractivity contribution in [3.8, 4) is 11.5 Å². The number of anilines is 1. The summed E-state index contributed by atoms with van der Waals surface area (Å²) in [6.45, 7) is 5.90. The molecule has 10 heteroatoms. The highest BCUT2D eigenvalue weighted by atomic mass is 32.2. The van der Waals surface area contributed by atoms with Crippen molar-refractivity contribution in [2.45, 2.75) is 26.3 Å². The Morgan fingerprint density at radius 1 is 1.11 bits per heavy atom. The van der Waals surface area contributed by atoms with Crippen LogP contribution in [0.3, 0.4) is 0 Å². The lowest BCUT2D eigenvalue weighted by Gasteiger charge is -2.25. The van der Waals surface area contributed by atoms with Crippen molar-refractivity contribution in [3.05, 3.63) is 53.6 Å². The zero-order chi connectivity index (χ0) is 26.0. The van der Waals surface area contributed by atoms with E-state index in [-0.39, 0.29) is 11.1 Å². The second-order valence-electron chi connectivity index (χ2n) is 8.82. The fraction of sp³-hybridized carbons (Fsp3) is 0.444. The van der Waals surface area contributed by atoms with Crippen LogP contribution >= 0.6 is 23.5 Å². The fourth-order valence-corrected chi connectivity index (χ4v) is 5.73. The van der Waals surface area contributed by atoms with Crippen LogP contribution in [-0.4, -0.2) is 77.4 Å². The van der Waals surface area contributed by atoms with Crippen molar-refractivity contribution >= 4 is 46.1 Å². The maximum Gasteiger partial charge on any atom is 0.302 e. The molecule has 2 aromatic rings. The van der Waals surface area contributed by atoms with Crippen molar-refractivity contribution in [1.82, 2.24) is 9.91 Å². The van der Waals surface area contributed by atoms with Crippen LogP contribution in [0.2, 0.25) is 0 Å². The summed E-state index contributed by atoms with van der Waals surface area (Å²) in [6, 6.07) is 13.3. The first-order chi connectivity index (χ1) is 18.1. The molecule has 2 aromatic carbocycles. The van der Waals surface area contributed by atoms with Gasteiger partial charge >= 0.3 is 5.24 Å². The van der Waals surface area contributed by atoms with Gasteiger partial charge in [0.25, 0.3) is 0 Å². The van der Waals surface area contributed by atoms with E-state index in [1.807, 2.05) is 54.2 Å². The Kier molecular flexibility index (Phi) is 10.2. The van der Waals surface area contributed by atoms with Gasteiger partial charge in [-0.2, -0.15) is 16.9 Å². The number of hydrogen-bond acceptors (Lipinski definition) is 8. The van der Waals surface area contributed by atoms with E-state index in [4.69, 9.17) is 9.47 Å². The minimum Gasteiger partial charge on any atom is -0.493 e. The van der Waals surface area contributed by atoms with Gasteiger partial charge in [0.15, 0.2) is 11.5 Å². The molecule has 1 saturated heterocycles. The van der Waals surface area contributed by atoms with E-state index < -0.39 is 0 Å². The number of amides is 2. The summed E-state index contributed by atoms with van der Waals surface area (Å²) in [5, 5.41) is 9.03. The molecule has 0 bridgehead atoms. The number of ether oxygens (including phenoxy) is 2. The molecule has 4 rings (SSSR count). The van der Waals surface area contributed by atoms with Crippen molar-refractivity contribution < 1.29 is 19.1 Å². The van der Waals surface area contributed by atoms with Gasteiger partial charge in [-0.25, -0.2) is 5.01 Å². The first kappa shape index (κ1) is 27.3. The number of nitrogens with zero attached hydrogens (tertiary/aromatic N) is 3. The van der Waals surface area contributed by atoms with Crippen LogP contribution in [0.15, 0.2) is 47.6 Å². The molecule has 0 atom stereocenters. The fourth-order valence-electron chi connectivity index (χ4n) is 4.02. The number of hydrazone groups is 1. The number of rotatable bonds is 11. The van der Waals surface area contributed by atoms with Gasteiger partial charge < -0.3 is 19.7 Å². The smallest absolute Gasteiger partial charge is 0.302 e. The maximum atomic E-state index is 12.6. The molecule has 0 unspecified atom stereocenters. The Morgan fingerprint density at radius 3 is 2.62 bits per heavy atom. The van der Waals surface area contributed by atoms with Gasteiger partial charge in [0.05, 0.1) is 26.0 Å². The molecule has 0 radical (unpaired) electrons. The van der Waals surface area contributed by atoms with E-state index >= 15 is 0 Å². The number of nitrogens with one attached hydrogen (secondary N) is 1. The Labute approximate surface area is 227 Å². The van der Waals surface area contributed by atoms with Crippen LogP contribution < -0.4 is 14.8 Å². The predicted octanol–water partition coefficient (Wildman–Crippen LogP) is 4.93. The highest BCUT2D eigenvalue weighted by molar-refractivity contribution is 8.14. The monoisotopic (exact) mass is 542 g/mol. The SMILES string of the molecule is CCCOc1cc(C2=NN(Cc3ccc(NC(=O)CCN4CCSCC4)cc3)C(=O)SC2)ccc1OC. The van der Waals surface area contributed by atoms with Crippen LogP contribution in [-0.2, 0) is 11.3 Å². The van der Waals surface area contributed by atoms with Crippen molar-refractivity contribution in [3.63, 3.8) is 0 Å². The Bertz CT molecular complexity index is 1100. The summed E-state index contributed by atoms with van der Waals surface area (Å²) in [4.78, 5) is 27.3. The molecule has 1 fully saturated rings. The number of methoxy groups -OCH3 is 1. The summed E-state index contributed by atoms with van der Waals surface area (Å²) >= 11 is 3.20. The number of carbonyl (C=O) groups excluding carboxylic acids is 2. The van der Waals surface area contributed by atoms with Gasteiger partial charge in [-0.1, -0.05) is 30.8 Å². The van der Waals surface area contributed by atoms with Crippen molar-refractivity contribution in [2.75, 3.05) is 55.9 Å². The third-order valence-electron chi connectivity index (χ3n) is 6.07. The Morgan fingerprint density at radius 2 is 1.89 bits per heavy atom. The summed E-state index contributed by atoms with van der Waals surface area (Å²) in [5.74, 6) is 4.14. The zero-order valence-corrected chi connectivity index (χ0v) is 23.0. The molecule has 0 saturated carbocycles. The summed E-state index contributed by atoms with van der Waals surface area (Å²) in [6.07, 6.45) is 1.38. The molecule has 2 aliphatic rings. The standard InChI is InChI=1S/C27H34N4O4S2/c1-3-14-35-25-17-21(6-9-24(25)34-2)23-19-37-27(33)31(29-23)18-20-4-7-22(8-5-20)28-26(32)10-11-30-12-15-36-16-13-30/h4-9,17H,3,10-16,18-19H2,1-2H3,(H,28,32). The highest BCUT2D eigenvalue weighted by Gasteiger charge is 2.23. The quantitative estimate of drug-likeness (QED) is 0.431. The third-order valence-corrected chi connectivity index (χ3v) is 7.89. The summed E-state index contributed by atoms with van der Waals surface area (Å²) in [7, 11) is 1.62. The molecule has 37 heavy (non-hydrogen) atoms. The van der Waals surface area contributed by atoms with Gasteiger partial charge in [-0.15, -0.1) is 0 Å². The van der Waals surface area contributed by atoms with Crippen LogP contribution in [0.25, 0.3) is 0 Å². The number of carbonyl (C=O) groups is 2. The molecular formula is C27H34N4O4S2. The summed E-state index contributed by atoms with van der Waals surface area (Å²) in [5.41, 5.74) is 3.40. The van der Waals surface area contributed by atoms with Gasteiger partial charge in [0, 0.05) is 54.6 Å². The molecule has 198 valence electrons. The van der Waals surface area contributed by atoms with Crippen molar-refractivity contribution in [1.29, 1.82) is 0 Å². The van der Waals surface area contributed by atoms with Crippen LogP contribution in [0.1, 0.15) is 30.9 Å². The molecule has 8 nitrogen and oxygen atoms in total. The summed E-state index contributed by atoms with van der Waals surface area (Å²) < 4.78 is 11.2. The molecule has 0 aromatic heterocycles. The zero-order valence-electron chi connectivity index (χ0n) is 21.4. The van der Waals surface area contributed by atoms with Crippen molar-refractivity contribution in [2.24, 2.45) is 5.10 Å². The minimum atomic E-state index is -0.0896. The minimum absolute atomic E-state index is 0.0182. The topological polar surface area (TPSA) is 83.5 Å². The maximum absolute atomic E-state index is 12.6. The number of hydrogen-bond donors (Lipinski definition) is 1. The van der Waals surface area contributed by atoms with Gasteiger partial charge in [0.2, 0.25) is 5.91 Å². The highest BCUT2D eigenvalue weighted by Crippen LogP contribution is 2.30. The number of thioether (sulfide) groups is 2. The van der Waals surface area contributed by atoms with Crippen LogP contribution in [0, 0.1) is 0 Å². The first-order valence-electron chi connectivity index (χ1n) is 12.6. The van der Waals surface area contributed by atoms with E-state index in [1.54, 1.807) is 7.11 Å². The van der Waals surface area contributed by atoms with E-state index in [0.717, 1.165) is 60.1 Å². The third kappa shape index (κ3) is 7.90. The molecule has 0 aliphatic carbocycles. The molecule has 2 aliphatic heterocycles. The van der Waals surface area contributed by atoms with Gasteiger partial charge in [0.1, 0.15) is 0 Å². The van der Waals surface area contributed by atoms with Gasteiger partial charge in [-0.3, -0.25) is 9.59 Å².